The lowest BCUT2D eigenvalue weighted by atomic mass is 10.2. The van der Waals surface area contributed by atoms with E-state index in [1.165, 1.54) is 27.8 Å². The maximum Gasteiger partial charge on any atom is 0.260 e. The van der Waals surface area contributed by atoms with E-state index in [0.717, 1.165) is 10.4 Å². The van der Waals surface area contributed by atoms with Crippen LogP contribution >= 0.6 is 22.7 Å². The van der Waals surface area contributed by atoms with Gasteiger partial charge in [-0.1, -0.05) is 18.2 Å². The zero-order valence-corrected chi connectivity index (χ0v) is 19.8. The molecule has 0 aliphatic carbocycles. The number of nitrogens with zero attached hydrogens (tertiary/aromatic N) is 4. The van der Waals surface area contributed by atoms with Crippen LogP contribution in [0.5, 0.6) is 0 Å². The number of piperazine rings is 1. The first-order valence-corrected chi connectivity index (χ1v) is 13.4. The van der Waals surface area contributed by atoms with E-state index in [-0.39, 0.29) is 16.0 Å². The Kier molecular flexibility index (Phi) is 5.86. The van der Waals surface area contributed by atoms with Crippen LogP contribution in [0.3, 0.4) is 0 Å². The van der Waals surface area contributed by atoms with Gasteiger partial charge in [0.1, 0.15) is 16.7 Å². The third-order valence-electron chi connectivity index (χ3n) is 5.61. The third-order valence-corrected chi connectivity index (χ3v) is 9.34. The molecule has 0 spiro atoms. The lowest BCUT2D eigenvalue weighted by Crippen LogP contribution is -2.48. The van der Waals surface area contributed by atoms with Crippen LogP contribution in [0.1, 0.15) is 11.4 Å². The van der Waals surface area contributed by atoms with E-state index in [0.29, 0.717) is 48.8 Å². The van der Waals surface area contributed by atoms with Gasteiger partial charge in [0.15, 0.2) is 0 Å². The van der Waals surface area contributed by atoms with Crippen molar-refractivity contribution in [2.75, 3.05) is 26.2 Å². The van der Waals surface area contributed by atoms with Crippen molar-refractivity contribution in [3.05, 3.63) is 68.9 Å². The highest BCUT2D eigenvalue weighted by molar-refractivity contribution is 7.89. The summed E-state index contributed by atoms with van der Waals surface area (Å²) in [6.45, 7) is 2.04. The van der Waals surface area contributed by atoms with Gasteiger partial charge in [-0.3, -0.25) is 9.69 Å². The second-order valence-electron chi connectivity index (χ2n) is 7.61. The molecular formula is C22H19N5O3S3. The van der Waals surface area contributed by atoms with Gasteiger partial charge in [0.05, 0.1) is 22.4 Å². The Bertz CT molecular complexity index is 1510. The fourth-order valence-corrected chi connectivity index (χ4v) is 7.29. The van der Waals surface area contributed by atoms with Crippen molar-refractivity contribution in [3.8, 4) is 16.5 Å². The molecule has 168 valence electrons. The van der Waals surface area contributed by atoms with Crippen LogP contribution in [0.4, 0.5) is 0 Å². The molecule has 1 aromatic carbocycles. The molecule has 1 aliphatic heterocycles. The van der Waals surface area contributed by atoms with Gasteiger partial charge in [-0.05, 0) is 23.6 Å². The van der Waals surface area contributed by atoms with Crippen molar-refractivity contribution in [2.45, 2.75) is 11.4 Å². The van der Waals surface area contributed by atoms with E-state index in [2.05, 4.69) is 14.9 Å². The lowest BCUT2D eigenvalue weighted by molar-refractivity contribution is 0.178. The van der Waals surface area contributed by atoms with E-state index in [4.69, 9.17) is 0 Å². The van der Waals surface area contributed by atoms with Gasteiger partial charge in [-0.2, -0.15) is 9.57 Å². The summed E-state index contributed by atoms with van der Waals surface area (Å²) in [5, 5.41) is 13.8. The highest BCUT2D eigenvalue weighted by atomic mass is 32.2. The number of hydrogen-bond acceptors (Lipinski definition) is 8. The molecule has 0 amide bonds. The molecule has 33 heavy (non-hydrogen) atoms. The number of benzene rings is 1. The van der Waals surface area contributed by atoms with Crippen molar-refractivity contribution >= 4 is 42.9 Å². The highest BCUT2D eigenvalue weighted by Gasteiger charge is 2.30. The molecule has 0 atom stereocenters. The Hall–Kier alpha value is -2.88. The zero-order valence-electron chi connectivity index (χ0n) is 17.4. The average Bonchev–Trinajstić information content (AvgIpc) is 3.49. The lowest BCUT2D eigenvalue weighted by Gasteiger charge is -2.33. The highest BCUT2D eigenvalue weighted by Crippen LogP contribution is 2.33. The molecule has 0 unspecified atom stereocenters. The summed E-state index contributed by atoms with van der Waals surface area (Å²) in [7, 11) is -3.74. The van der Waals surface area contributed by atoms with Gasteiger partial charge in [-0.25, -0.2) is 13.4 Å². The van der Waals surface area contributed by atoms with Crippen molar-refractivity contribution in [1.29, 1.82) is 5.26 Å². The van der Waals surface area contributed by atoms with E-state index in [1.807, 2.05) is 29.0 Å². The molecule has 4 heterocycles. The van der Waals surface area contributed by atoms with Crippen LogP contribution in [0.2, 0.25) is 0 Å². The maximum atomic E-state index is 13.0. The summed E-state index contributed by atoms with van der Waals surface area (Å²) in [4.78, 5) is 24.2. The Balaban J connectivity index is 1.31. The SMILES string of the molecule is N#Cc1ccccc1S(=O)(=O)N1CCN(Cc2nc3scc(-c4cccs4)c3c(=O)[nH]2)CC1. The summed E-state index contributed by atoms with van der Waals surface area (Å²) < 4.78 is 27.5. The minimum Gasteiger partial charge on any atom is -0.309 e. The van der Waals surface area contributed by atoms with Crippen LogP contribution < -0.4 is 5.56 Å². The predicted octanol–water partition coefficient (Wildman–Crippen LogP) is 3.09. The number of thiophene rings is 2. The van der Waals surface area contributed by atoms with Gasteiger partial charge in [0, 0.05) is 42.0 Å². The van der Waals surface area contributed by atoms with Crippen molar-refractivity contribution < 1.29 is 8.42 Å². The number of aromatic nitrogens is 2. The molecule has 1 N–H and O–H groups in total. The van der Waals surface area contributed by atoms with E-state index in [1.54, 1.807) is 23.5 Å². The van der Waals surface area contributed by atoms with Crippen molar-refractivity contribution in [1.82, 2.24) is 19.2 Å². The first-order valence-electron chi connectivity index (χ1n) is 10.2. The van der Waals surface area contributed by atoms with Crippen LogP contribution in [-0.2, 0) is 16.6 Å². The number of hydrogen-bond donors (Lipinski definition) is 1. The average molecular weight is 498 g/mol. The molecule has 5 rings (SSSR count). The molecule has 1 saturated heterocycles. The van der Waals surface area contributed by atoms with Crippen LogP contribution in [0, 0.1) is 11.3 Å². The second-order valence-corrected chi connectivity index (χ2v) is 11.3. The Morgan fingerprint density at radius 3 is 2.61 bits per heavy atom. The van der Waals surface area contributed by atoms with Gasteiger partial charge in [0.25, 0.3) is 5.56 Å². The summed E-state index contributed by atoms with van der Waals surface area (Å²) in [6.07, 6.45) is 0. The fourth-order valence-electron chi connectivity index (χ4n) is 3.94. The van der Waals surface area contributed by atoms with Crippen LogP contribution in [0.15, 0.2) is 56.8 Å². The quantitative estimate of drug-likeness (QED) is 0.454. The Morgan fingerprint density at radius 1 is 1.09 bits per heavy atom. The molecular weight excluding hydrogens is 478 g/mol. The molecule has 1 aliphatic rings. The van der Waals surface area contributed by atoms with E-state index >= 15 is 0 Å². The standard InChI is InChI=1S/C22H19N5O3S3/c23-12-15-4-1-2-6-18(15)33(29,30)27-9-7-26(8-10-27)13-19-24-21(28)20-16(14-32-22(20)25-19)17-5-3-11-31-17/h1-6,11,14H,7-10,13H2,(H,24,25,28). The van der Waals surface area contributed by atoms with Gasteiger partial charge < -0.3 is 4.98 Å². The van der Waals surface area contributed by atoms with Crippen LogP contribution in [0.25, 0.3) is 20.7 Å². The summed E-state index contributed by atoms with van der Waals surface area (Å²) in [5.74, 6) is 0.568. The summed E-state index contributed by atoms with van der Waals surface area (Å²) in [5.41, 5.74) is 0.892. The summed E-state index contributed by atoms with van der Waals surface area (Å²) >= 11 is 3.04. The summed E-state index contributed by atoms with van der Waals surface area (Å²) in [6, 6.07) is 12.1. The number of rotatable bonds is 5. The van der Waals surface area contributed by atoms with Crippen molar-refractivity contribution in [3.63, 3.8) is 0 Å². The molecule has 0 bridgehead atoms. The smallest absolute Gasteiger partial charge is 0.260 e. The first kappa shape index (κ1) is 21.9. The number of H-pyrrole nitrogens is 1. The minimum absolute atomic E-state index is 0.0386. The molecule has 0 radical (unpaired) electrons. The molecule has 3 aromatic heterocycles. The molecule has 11 heteroatoms. The topological polar surface area (TPSA) is 110 Å². The second kappa shape index (κ2) is 8.81. The number of sulfonamides is 1. The Labute approximate surface area is 198 Å². The fraction of sp³-hybridized carbons (Fsp3) is 0.227. The van der Waals surface area contributed by atoms with Gasteiger partial charge in [0.2, 0.25) is 10.0 Å². The Morgan fingerprint density at radius 2 is 1.88 bits per heavy atom. The first-order chi connectivity index (χ1) is 16.0. The van der Waals surface area contributed by atoms with Gasteiger partial charge in [-0.15, -0.1) is 22.7 Å². The van der Waals surface area contributed by atoms with Crippen LogP contribution in [-0.4, -0.2) is 53.8 Å². The van der Waals surface area contributed by atoms with E-state index in [9.17, 15) is 18.5 Å². The normalized spacial score (nSPS) is 15.6. The minimum atomic E-state index is -3.74. The van der Waals surface area contributed by atoms with Gasteiger partial charge >= 0.3 is 0 Å². The molecule has 8 nitrogen and oxygen atoms in total. The zero-order chi connectivity index (χ0) is 23.0. The number of nitrogens with one attached hydrogen (secondary N) is 1. The predicted molar refractivity (Wildman–Crippen MR) is 129 cm³/mol. The number of fused-ring (bicyclic) bond motifs is 1. The van der Waals surface area contributed by atoms with Crippen molar-refractivity contribution in [2.24, 2.45) is 0 Å². The van der Waals surface area contributed by atoms with E-state index < -0.39 is 10.0 Å². The maximum absolute atomic E-state index is 13.0. The molecule has 1 fully saturated rings. The largest absolute Gasteiger partial charge is 0.309 e. The molecule has 4 aromatic rings. The molecule has 0 saturated carbocycles. The number of aromatic amines is 1. The number of nitriles is 1. The third kappa shape index (κ3) is 4.12. The monoisotopic (exact) mass is 497 g/mol.